The van der Waals surface area contributed by atoms with Crippen LogP contribution in [0.25, 0.3) is 11.0 Å². The van der Waals surface area contributed by atoms with Crippen molar-refractivity contribution in [2.75, 3.05) is 25.0 Å². The van der Waals surface area contributed by atoms with E-state index in [1.807, 2.05) is 18.2 Å². The number of nitrogens with zero attached hydrogens (tertiary/aromatic N) is 2. The highest BCUT2D eigenvalue weighted by Crippen LogP contribution is 2.21. The number of aliphatic carboxylic acids is 4. The van der Waals surface area contributed by atoms with Crippen LogP contribution in [0.2, 0.25) is 0 Å². The van der Waals surface area contributed by atoms with Gasteiger partial charge in [-0.3, -0.25) is 0 Å². The van der Waals surface area contributed by atoms with Gasteiger partial charge in [-0.05, 0) is 44.5 Å². The number of hydrogen-bond acceptors (Lipinski definition) is 8. The van der Waals surface area contributed by atoms with E-state index in [9.17, 15) is 24.3 Å². The third kappa shape index (κ3) is 12.3. The fourth-order valence-corrected chi connectivity index (χ4v) is 3.14. The van der Waals surface area contributed by atoms with E-state index in [1.165, 1.54) is 6.42 Å². The van der Waals surface area contributed by atoms with Crippen LogP contribution in [0.1, 0.15) is 19.3 Å². The van der Waals surface area contributed by atoms with E-state index in [-0.39, 0.29) is 6.61 Å². The third-order valence-electron chi connectivity index (χ3n) is 4.62. The topological polar surface area (TPSA) is 211 Å². The quantitative estimate of drug-likeness (QED) is 0.250. The maximum Gasteiger partial charge on any atom is 0.328 e. The summed E-state index contributed by atoms with van der Waals surface area (Å²) in [5.74, 6) is -4.15. The normalized spacial score (nSPS) is 15.3. The molecule has 13 heteroatoms. The summed E-state index contributed by atoms with van der Waals surface area (Å²) >= 11 is 0. The Morgan fingerprint density at radius 3 is 2.00 bits per heavy atom. The first kappa shape index (κ1) is 29.8. The van der Waals surface area contributed by atoms with Crippen molar-refractivity contribution in [3.8, 4) is 0 Å². The van der Waals surface area contributed by atoms with Gasteiger partial charge in [0.15, 0.2) is 0 Å². The Morgan fingerprint density at radius 2 is 1.47 bits per heavy atom. The summed E-state index contributed by atoms with van der Waals surface area (Å²) in [6.07, 6.45) is 5.70. The zero-order valence-corrected chi connectivity index (χ0v) is 19.4. The summed E-state index contributed by atoms with van der Waals surface area (Å²) in [5, 5.41) is 47.5. The van der Waals surface area contributed by atoms with Crippen LogP contribution >= 0.6 is 0 Å². The molecule has 36 heavy (non-hydrogen) atoms. The number of carboxylic acid groups (broad SMARTS) is 4. The molecule has 1 fully saturated rings. The molecule has 2 heterocycles. The van der Waals surface area contributed by atoms with Gasteiger partial charge in [-0.1, -0.05) is 12.1 Å². The molecule has 2 aromatic rings. The molecule has 0 saturated carbocycles. The first-order chi connectivity index (χ1) is 17.1. The minimum absolute atomic E-state index is 0.126. The lowest BCUT2D eigenvalue weighted by molar-refractivity contribution is -0.134. The van der Waals surface area contributed by atoms with Crippen LogP contribution in [0.3, 0.4) is 0 Å². The Morgan fingerprint density at radius 1 is 0.917 bits per heavy atom. The number of aliphatic hydroxyl groups is 1. The van der Waals surface area contributed by atoms with Crippen LogP contribution in [0.4, 0.5) is 5.95 Å². The Balaban J connectivity index is 0.000000337. The van der Waals surface area contributed by atoms with E-state index >= 15 is 0 Å². The molecule has 3 rings (SSSR count). The number of rotatable bonds is 8. The average molecular weight is 507 g/mol. The molecule has 1 unspecified atom stereocenters. The predicted octanol–water partition coefficient (Wildman–Crippen LogP) is 1.01. The van der Waals surface area contributed by atoms with Crippen LogP contribution in [0.15, 0.2) is 48.6 Å². The van der Waals surface area contributed by atoms with Crippen LogP contribution in [-0.2, 0) is 25.7 Å². The number of aliphatic hydroxyl groups excluding tert-OH is 1. The molecule has 0 bridgehead atoms. The summed E-state index contributed by atoms with van der Waals surface area (Å²) < 4.78 is 2.08. The molecule has 1 saturated heterocycles. The molecule has 1 aliphatic rings. The zero-order chi connectivity index (χ0) is 26.9. The number of para-hydroxylation sites is 2. The van der Waals surface area contributed by atoms with E-state index < -0.39 is 23.9 Å². The molecular formula is C23H30N4O9. The Hall–Kier alpha value is -4.23. The predicted molar refractivity (Wildman–Crippen MR) is 130 cm³/mol. The molecular weight excluding hydrogens is 476 g/mol. The molecule has 13 nitrogen and oxygen atoms in total. The lowest BCUT2D eigenvalue weighted by Gasteiger charge is -2.17. The smallest absolute Gasteiger partial charge is 0.328 e. The maximum absolute atomic E-state index is 9.55. The van der Waals surface area contributed by atoms with E-state index in [1.54, 1.807) is 0 Å². The van der Waals surface area contributed by atoms with Gasteiger partial charge < -0.3 is 40.7 Å². The van der Waals surface area contributed by atoms with Gasteiger partial charge in [-0.25, -0.2) is 24.2 Å². The number of anilines is 1. The summed E-state index contributed by atoms with van der Waals surface area (Å²) in [5.41, 5.74) is 2.06. The van der Waals surface area contributed by atoms with E-state index in [0.717, 1.165) is 42.9 Å². The van der Waals surface area contributed by atoms with Gasteiger partial charge in [0.05, 0.1) is 17.6 Å². The summed E-state index contributed by atoms with van der Waals surface area (Å²) in [4.78, 5) is 42.9. The monoisotopic (exact) mass is 506 g/mol. The molecule has 196 valence electrons. The van der Waals surface area contributed by atoms with Gasteiger partial charge >= 0.3 is 23.9 Å². The third-order valence-corrected chi connectivity index (χ3v) is 4.62. The van der Waals surface area contributed by atoms with Gasteiger partial charge in [0.25, 0.3) is 0 Å². The first-order valence-electron chi connectivity index (χ1n) is 10.9. The lowest BCUT2D eigenvalue weighted by atomic mass is 10.1. The number of benzene rings is 1. The minimum atomic E-state index is -1.26. The Bertz CT molecular complexity index is 1000. The van der Waals surface area contributed by atoms with E-state index in [4.69, 9.17) is 20.4 Å². The molecule has 1 aliphatic heterocycles. The molecule has 0 amide bonds. The van der Waals surface area contributed by atoms with Crippen molar-refractivity contribution in [1.82, 2.24) is 14.9 Å². The fraction of sp³-hybridized carbons (Fsp3) is 0.348. The van der Waals surface area contributed by atoms with Crippen LogP contribution in [0, 0.1) is 0 Å². The van der Waals surface area contributed by atoms with Crippen molar-refractivity contribution >= 4 is 40.9 Å². The number of hydrogen-bond donors (Lipinski definition) is 7. The van der Waals surface area contributed by atoms with E-state index in [2.05, 4.69) is 26.3 Å². The first-order valence-corrected chi connectivity index (χ1v) is 10.9. The van der Waals surface area contributed by atoms with Crippen molar-refractivity contribution in [3.05, 3.63) is 48.6 Å². The number of fused-ring (bicyclic) bond motifs is 1. The molecule has 0 aliphatic carbocycles. The highest BCUT2D eigenvalue weighted by atomic mass is 16.4. The summed E-state index contributed by atoms with van der Waals surface area (Å²) in [6, 6.07) is 8.54. The highest BCUT2D eigenvalue weighted by molar-refractivity contribution is 5.90. The second kappa shape index (κ2) is 16.4. The highest BCUT2D eigenvalue weighted by Gasteiger charge is 2.16. The zero-order valence-electron chi connectivity index (χ0n) is 19.4. The minimum Gasteiger partial charge on any atom is -0.478 e. The van der Waals surface area contributed by atoms with Gasteiger partial charge in [0, 0.05) is 36.9 Å². The van der Waals surface area contributed by atoms with Crippen molar-refractivity contribution in [2.45, 2.75) is 31.8 Å². The second-order valence-corrected chi connectivity index (χ2v) is 7.34. The Labute approximate surface area is 206 Å². The van der Waals surface area contributed by atoms with Crippen LogP contribution in [-0.4, -0.2) is 84.7 Å². The van der Waals surface area contributed by atoms with Crippen LogP contribution < -0.4 is 10.6 Å². The van der Waals surface area contributed by atoms with Crippen molar-refractivity contribution in [2.24, 2.45) is 0 Å². The molecule has 1 aromatic heterocycles. The van der Waals surface area contributed by atoms with Crippen LogP contribution in [0.5, 0.6) is 0 Å². The Kier molecular flexibility index (Phi) is 13.6. The van der Waals surface area contributed by atoms with Gasteiger partial charge in [0.2, 0.25) is 5.95 Å². The summed E-state index contributed by atoms with van der Waals surface area (Å²) in [6.45, 7) is 2.86. The lowest BCUT2D eigenvalue weighted by Crippen LogP contribution is -2.23. The molecule has 0 spiro atoms. The van der Waals surface area contributed by atoms with E-state index in [0.29, 0.717) is 36.9 Å². The van der Waals surface area contributed by atoms with Gasteiger partial charge in [0.1, 0.15) is 0 Å². The number of nitrogens with one attached hydrogen (secondary N) is 2. The summed E-state index contributed by atoms with van der Waals surface area (Å²) in [7, 11) is 0. The molecule has 0 radical (unpaired) electrons. The fourth-order valence-electron chi connectivity index (χ4n) is 3.14. The average Bonchev–Trinajstić information content (AvgIpc) is 2.97. The largest absolute Gasteiger partial charge is 0.478 e. The number of carbonyl (C=O) groups is 4. The molecule has 1 atom stereocenters. The number of carboxylic acids is 4. The maximum atomic E-state index is 9.55. The van der Waals surface area contributed by atoms with Gasteiger partial charge in [-0.15, -0.1) is 0 Å². The van der Waals surface area contributed by atoms with Gasteiger partial charge in [-0.2, -0.15) is 0 Å². The van der Waals surface area contributed by atoms with Crippen molar-refractivity contribution in [3.63, 3.8) is 0 Å². The molecule has 7 N–H and O–H groups in total. The van der Waals surface area contributed by atoms with Crippen molar-refractivity contribution < 1.29 is 44.7 Å². The SMILES string of the molecule is O=C(O)C=CC(=O)O.O=C(O)C=CC(=O)O.OCCn1c(NC2CCCNCC2)nc2ccccc21. The standard InChI is InChI=1S/C15H22N4O.2C4H4O4/c20-11-10-19-14-6-2-1-5-13(14)18-15(19)17-12-4-3-8-16-9-7-12;2*5-3(6)1-2-4(7)8/h1-2,5-6,12,16,20H,3-4,7-11H2,(H,17,18);2*1-2H,(H,5,6)(H,7,8). The van der Waals surface area contributed by atoms with Crippen molar-refractivity contribution in [1.29, 1.82) is 0 Å². The number of aromatic nitrogens is 2. The molecule has 1 aromatic carbocycles. The number of imidazole rings is 1. The second-order valence-electron chi connectivity index (χ2n) is 7.34.